The number of aryl methyl sites for hydroxylation is 1. The van der Waals surface area contributed by atoms with Gasteiger partial charge in [0.1, 0.15) is 5.51 Å². The van der Waals surface area contributed by atoms with E-state index in [1.54, 1.807) is 12.6 Å². The highest BCUT2D eigenvalue weighted by Crippen LogP contribution is 1.79. The maximum absolute atomic E-state index is 9.57. The smallest absolute Gasteiger partial charge is 0.231 e. The third-order valence-electron chi connectivity index (χ3n) is 0.782. The Bertz CT molecular complexity index is 261. The summed E-state index contributed by atoms with van der Waals surface area (Å²) in [7, 11) is 1.69. The fraction of sp³-hybridized carbons (Fsp3) is 0.333. The molecule has 0 amide bonds. The van der Waals surface area contributed by atoms with Gasteiger partial charge in [0.25, 0.3) is 0 Å². The summed E-state index contributed by atoms with van der Waals surface area (Å²) in [6.07, 6.45) is 0. The third kappa shape index (κ3) is 1.20. The number of nitrogens with zero attached hydrogens (tertiary/aromatic N) is 4. The molecule has 48 valence electrons. The van der Waals surface area contributed by atoms with Crippen molar-refractivity contribution < 1.29 is 0 Å². The molecule has 0 aliphatic carbocycles. The van der Waals surface area contributed by atoms with Crippen LogP contribution in [0.1, 0.15) is 0 Å². The van der Waals surface area contributed by atoms with Crippen molar-refractivity contribution in [1.82, 2.24) is 9.78 Å². The molecular weight excluding hydrogens is 140 g/mol. The van der Waals surface area contributed by atoms with Gasteiger partial charge in [-0.25, -0.2) is 4.68 Å². The predicted octanol–water partition coefficient (Wildman–Crippen LogP) is 0.0637. The highest BCUT2D eigenvalue weighted by molar-refractivity contribution is 7.06. The Morgan fingerprint density at radius 2 is 2.67 bits per heavy atom. The zero-order valence-electron chi connectivity index (χ0n) is 4.68. The molecule has 0 radical (unpaired) electrons. The molecule has 0 aliphatic heterocycles. The molecule has 1 heterocycles. The van der Waals surface area contributed by atoms with Gasteiger partial charge in [0, 0.05) is 7.05 Å². The topological polar surface area (TPSA) is 59.6 Å². The lowest BCUT2D eigenvalue weighted by Crippen LogP contribution is -2.10. The summed E-state index contributed by atoms with van der Waals surface area (Å²) < 4.78 is 1.48. The summed E-state index contributed by atoms with van der Waals surface area (Å²) in [5, 5.41) is 9.40. The van der Waals surface area contributed by atoms with E-state index >= 15 is 0 Å². The SMILES string of the molecule is Cn1ncs/c1=N/N=O. The maximum Gasteiger partial charge on any atom is 0.231 e. The van der Waals surface area contributed by atoms with Gasteiger partial charge < -0.3 is 0 Å². The van der Waals surface area contributed by atoms with Crippen molar-refractivity contribution in [3.8, 4) is 0 Å². The Hall–Kier alpha value is -1.04. The van der Waals surface area contributed by atoms with E-state index in [1.807, 2.05) is 0 Å². The number of nitroso groups, excluding NO2 is 1. The van der Waals surface area contributed by atoms with Crippen molar-refractivity contribution in [2.45, 2.75) is 0 Å². The molecule has 1 aromatic rings. The molecular formula is C3H4N4OS. The number of rotatable bonds is 1. The molecule has 0 saturated heterocycles. The largest absolute Gasteiger partial charge is 0.240 e. The van der Waals surface area contributed by atoms with Crippen LogP contribution in [-0.2, 0) is 7.05 Å². The summed E-state index contributed by atoms with van der Waals surface area (Å²) in [6.45, 7) is 0. The minimum atomic E-state index is 0.505. The fourth-order valence-electron chi connectivity index (χ4n) is 0.390. The minimum absolute atomic E-state index is 0.505. The second-order valence-electron chi connectivity index (χ2n) is 1.33. The van der Waals surface area contributed by atoms with Crippen LogP contribution in [0.2, 0.25) is 0 Å². The second-order valence-corrected chi connectivity index (χ2v) is 2.14. The first kappa shape index (κ1) is 6.09. The summed E-state index contributed by atoms with van der Waals surface area (Å²) in [4.78, 5) is 10.1. The molecule has 5 nitrogen and oxygen atoms in total. The highest BCUT2D eigenvalue weighted by atomic mass is 32.1. The van der Waals surface area contributed by atoms with Crippen molar-refractivity contribution in [2.75, 3.05) is 0 Å². The van der Waals surface area contributed by atoms with Gasteiger partial charge in [-0.3, -0.25) is 0 Å². The van der Waals surface area contributed by atoms with Gasteiger partial charge in [-0.2, -0.15) is 5.10 Å². The molecule has 0 saturated carbocycles. The van der Waals surface area contributed by atoms with Gasteiger partial charge in [0.2, 0.25) is 4.80 Å². The molecule has 1 rings (SSSR count). The molecule has 0 bridgehead atoms. The fourth-order valence-corrected chi connectivity index (χ4v) is 0.953. The molecule has 0 spiro atoms. The molecule has 1 aromatic heterocycles. The molecule has 9 heavy (non-hydrogen) atoms. The standard InChI is InChI=1S/C3H4N4OS/c1-7-3(5-6-8)9-2-4-7/h2H,1H3/b5-3+. The van der Waals surface area contributed by atoms with Crippen LogP contribution < -0.4 is 4.80 Å². The first-order chi connectivity index (χ1) is 4.34. The minimum Gasteiger partial charge on any atom is -0.240 e. The van der Waals surface area contributed by atoms with E-state index in [-0.39, 0.29) is 0 Å². The first-order valence-electron chi connectivity index (χ1n) is 2.18. The predicted molar refractivity (Wildman–Crippen MR) is 32.4 cm³/mol. The van der Waals surface area contributed by atoms with E-state index in [9.17, 15) is 4.91 Å². The van der Waals surface area contributed by atoms with Crippen molar-refractivity contribution in [3.63, 3.8) is 0 Å². The van der Waals surface area contributed by atoms with Gasteiger partial charge >= 0.3 is 0 Å². The van der Waals surface area contributed by atoms with Crippen LogP contribution in [0.5, 0.6) is 0 Å². The molecule has 0 aliphatic rings. The van der Waals surface area contributed by atoms with Crippen LogP contribution in [-0.4, -0.2) is 9.78 Å². The Morgan fingerprint density at radius 3 is 3.11 bits per heavy atom. The Morgan fingerprint density at radius 1 is 1.89 bits per heavy atom. The monoisotopic (exact) mass is 144 g/mol. The quantitative estimate of drug-likeness (QED) is 0.413. The van der Waals surface area contributed by atoms with Crippen LogP contribution in [0.4, 0.5) is 0 Å². The first-order valence-corrected chi connectivity index (χ1v) is 3.05. The summed E-state index contributed by atoms with van der Waals surface area (Å²) >= 11 is 1.27. The van der Waals surface area contributed by atoms with E-state index in [2.05, 4.69) is 15.5 Å². The van der Waals surface area contributed by atoms with Gasteiger partial charge in [0.15, 0.2) is 0 Å². The third-order valence-corrected chi connectivity index (χ3v) is 1.54. The Kier molecular flexibility index (Phi) is 1.69. The lowest BCUT2D eigenvalue weighted by atomic mass is 11.2. The van der Waals surface area contributed by atoms with Gasteiger partial charge in [0.05, 0.1) is 5.29 Å². The van der Waals surface area contributed by atoms with Gasteiger partial charge in [-0.1, -0.05) is 16.4 Å². The zero-order chi connectivity index (χ0) is 6.69. The van der Waals surface area contributed by atoms with Gasteiger partial charge in [-0.15, -0.1) is 4.91 Å². The van der Waals surface area contributed by atoms with E-state index in [1.165, 1.54) is 16.0 Å². The molecule has 0 fully saturated rings. The van der Waals surface area contributed by atoms with Crippen molar-refractivity contribution in [1.29, 1.82) is 0 Å². The molecule has 0 atom stereocenters. The summed E-state index contributed by atoms with van der Waals surface area (Å²) in [5.74, 6) is 0. The number of hydrogen-bond acceptors (Lipinski definition) is 4. The highest BCUT2D eigenvalue weighted by Gasteiger charge is 1.85. The summed E-state index contributed by atoms with van der Waals surface area (Å²) in [5.41, 5.74) is 1.59. The molecule has 0 unspecified atom stereocenters. The van der Waals surface area contributed by atoms with E-state index in [0.29, 0.717) is 4.80 Å². The molecule has 0 aromatic carbocycles. The van der Waals surface area contributed by atoms with Crippen LogP contribution in [0, 0.1) is 4.91 Å². The van der Waals surface area contributed by atoms with Crippen LogP contribution >= 0.6 is 11.3 Å². The molecule has 0 N–H and O–H groups in total. The number of aromatic nitrogens is 2. The van der Waals surface area contributed by atoms with Crippen molar-refractivity contribution in [2.24, 2.45) is 17.4 Å². The molecule has 6 heteroatoms. The van der Waals surface area contributed by atoms with Crippen molar-refractivity contribution >= 4 is 11.3 Å². The average Bonchev–Trinajstić information content (AvgIpc) is 2.18. The maximum atomic E-state index is 9.57. The van der Waals surface area contributed by atoms with Crippen LogP contribution in [0.25, 0.3) is 0 Å². The normalized spacial score (nSPS) is 11.9. The lowest BCUT2D eigenvalue weighted by Gasteiger charge is -1.79. The van der Waals surface area contributed by atoms with E-state index < -0.39 is 0 Å². The van der Waals surface area contributed by atoms with E-state index in [0.717, 1.165) is 0 Å². The van der Waals surface area contributed by atoms with Crippen LogP contribution in [0.15, 0.2) is 15.9 Å². The Labute approximate surface area is 54.6 Å². The number of hydrogen-bond donors (Lipinski definition) is 0. The summed E-state index contributed by atoms with van der Waals surface area (Å²) in [6, 6.07) is 0. The average molecular weight is 144 g/mol. The van der Waals surface area contributed by atoms with E-state index in [4.69, 9.17) is 0 Å². The van der Waals surface area contributed by atoms with Gasteiger partial charge in [-0.05, 0) is 0 Å². The Balaban J connectivity index is 3.22. The van der Waals surface area contributed by atoms with Crippen LogP contribution in [0.3, 0.4) is 0 Å². The zero-order valence-corrected chi connectivity index (χ0v) is 5.50. The second kappa shape index (κ2) is 2.49. The van der Waals surface area contributed by atoms with Crippen molar-refractivity contribution in [3.05, 3.63) is 15.2 Å². The lowest BCUT2D eigenvalue weighted by molar-refractivity contribution is 0.720.